The van der Waals surface area contributed by atoms with Crippen LogP contribution in [0.1, 0.15) is 20.8 Å². The fraction of sp³-hybridized carbons (Fsp3) is 0.353. The van der Waals surface area contributed by atoms with Crippen molar-refractivity contribution >= 4 is 33.8 Å². The second-order valence-corrected chi connectivity index (χ2v) is 6.60. The highest BCUT2D eigenvalue weighted by molar-refractivity contribution is 6.06. The summed E-state index contributed by atoms with van der Waals surface area (Å²) in [6, 6.07) is 7.73. The van der Waals surface area contributed by atoms with Crippen molar-refractivity contribution in [2.24, 2.45) is 0 Å². The number of rotatable bonds is 4. The molecule has 3 rings (SSSR count). The number of hydroxylamine groups is 1. The van der Waals surface area contributed by atoms with Gasteiger partial charge in [0.2, 0.25) is 0 Å². The molecule has 2 aromatic heterocycles. The number of hydrogen-bond acceptors (Lipinski definition) is 6. The maximum Gasteiger partial charge on any atom is 0.431 e. The second kappa shape index (κ2) is 6.56. The predicted octanol–water partition coefficient (Wildman–Crippen LogP) is 2.62. The standard InChI is InChI=1S/C17H21N5O3/c1-17(2,3)25-16(23)21-24-9-8-22-10-19-13-14(22)11-6-4-5-7-12(11)20-15(13)18/h4-7,10H,8-9H2,1-3H3,(H2,18,20)(H,21,23). The summed E-state index contributed by atoms with van der Waals surface area (Å²) < 4.78 is 7.02. The minimum absolute atomic E-state index is 0.251. The monoisotopic (exact) mass is 343 g/mol. The maximum atomic E-state index is 11.5. The molecule has 25 heavy (non-hydrogen) atoms. The Balaban J connectivity index is 1.71. The molecule has 8 heteroatoms. The average Bonchev–Trinajstić information content (AvgIpc) is 2.95. The van der Waals surface area contributed by atoms with Crippen molar-refractivity contribution in [3.05, 3.63) is 30.6 Å². The molecule has 0 radical (unpaired) electrons. The third-order valence-electron chi connectivity index (χ3n) is 3.47. The molecule has 1 aromatic carbocycles. The summed E-state index contributed by atoms with van der Waals surface area (Å²) >= 11 is 0. The van der Waals surface area contributed by atoms with Gasteiger partial charge in [-0.3, -0.25) is 4.84 Å². The van der Waals surface area contributed by atoms with Gasteiger partial charge < -0.3 is 15.0 Å². The fourth-order valence-electron chi connectivity index (χ4n) is 2.53. The van der Waals surface area contributed by atoms with Crippen LogP contribution in [0.2, 0.25) is 0 Å². The molecule has 132 valence electrons. The Morgan fingerprint density at radius 2 is 2.08 bits per heavy atom. The first-order chi connectivity index (χ1) is 11.8. The number of fused-ring (bicyclic) bond motifs is 3. The second-order valence-electron chi connectivity index (χ2n) is 6.60. The van der Waals surface area contributed by atoms with E-state index in [9.17, 15) is 4.79 Å². The maximum absolute atomic E-state index is 11.5. The van der Waals surface area contributed by atoms with Gasteiger partial charge in [-0.1, -0.05) is 18.2 Å². The number of benzene rings is 1. The number of carbonyl (C=O) groups excluding carboxylic acids is 1. The summed E-state index contributed by atoms with van der Waals surface area (Å²) in [5.41, 5.74) is 10.0. The molecule has 8 nitrogen and oxygen atoms in total. The van der Waals surface area contributed by atoms with E-state index in [1.807, 2.05) is 28.8 Å². The SMILES string of the molecule is CC(C)(C)OC(=O)NOCCn1cnc2c(N)nc3ccccc3c21. The van der Waals surface area contributed by atoms with Crippen LogP contribution in [0, 0.1) is 0 Å². The number of imidazole rings is 1. The molecule has 0 saturated carbocycles. The van der Waals surface area contributed by atoms with Crippen molar-refractivity contribution < 1.29 is 14.4 Å². The lowest BCUT2D eigenvalue weighted by Gasteiger charge is -2.19. The zero-order valence-corrected chi connectivity index (χ0v) is 14.4. The molecule has 2 heterocycles. The third-order valence-corrected chi connectivity index (χ3v) is 3.47. The van der Waals surface area contributed by atoms with E-state index in [-0.39, 0.29) is 6.61 Å². The number of amides is 1. The summed E-state index contributed by atoms with van der Waals surface area (Å²) in [6.45, 7) is 6.09. The number of aromatic nitrogens is 3. The molecule has 0 aliphatic carbocycles. The number of hydrogen-bond donors (Lipinski definition) is 2. The molecule has 0 unspecified atom stereocenters. The molecular formula is C17H21N5O3. The van der Waals surface area contributed by atoms with Crippen LogP contribution in [-0.2, 0) is 16.1 Å². The van der Waals surface area contributed by atoms with Gasteiger partial charge in [-0.25, -0.2) is 14.8 Å². The number of nitrogens with zero attached hydrogens (tertiary/aromatic N) is 3. The number of pyridine rings is 1. The highest BCUT2D eigenvalue weighted by Gasteiger charge is 2.16. The highest BCUT2D eigenvalue weighted by Crippen LogP contribution is 2.26. The zero-order valence-electron chi connectivity index (χ0n) is 14.4. The molecule has 0 fully saturated rings. The minimum atomic E-state index is -0.623. The van der Waals surface area contributed by atoms with Crippen LogP contribution in [0.25, 0.3) is 21.9 Å². The van der Waals surface area contributed by atoms with Crippen molar-refractivity contribution in [3.8, 4) is 0 Å². The Bertz CT molecular complexity index is 914. The molecule has 1 amide bonds. The van der Waals surface area contributed by atoms with Crippen molar-refractivity contribution in [1.29, 1.82) is 0 Å². The molecule has 0 bridgehead atoms. The van der Waals surface area contributed by atoms with Gasteiger partial charge in [0.1, 0.15) is 11.1 Å². The Morgan fingerprint density at radius 1 is 1.32 bits per heavy atom. The van der Waals surface area contributed by atoms with Gasteiger partial charge in [0, 0.05) is 5.39 Å². The van der Waals surface area contributed by atoms with Crippen LogP contribution in [0.15, 0.2) is 30.6 Å². The topological polar surface area (TPSA) is 104 Å². The molecule has 0 spiro atoms. The largest absolute Gasteiger partial charge is 0.442 e. The summed E-state index contributed by atoms with van der Waals surface area (Å²) in [6.07, 6.45) is 1.06. The number of carbonyl (C=O) groups is 1. The van der Waals surface area contributed by atoms with Crippen molar-refractivity contribution in [2.75, 3.05) is 12.3 Å². The van der Waals surface area contributed by atoms with Crippen molar-refractivity contribution in [1.82, 2.24) is 20.0 Å². The van der Waals surface area contributed by atoms with Crippen molar-refractivity contribution in [2.45, 2.75) is 32.9 Å². The summed E-state index contributed by atoms with van der Waals surface area (Å²) in [5, 5.41) is 0.962. The molecule has 3 N–H and O–H groups in total. The van der Waals surface area contributed by atoms with E-state index in [2.05, 4.69) is 15.4 Å². The first-order valence-corrected chi connectivity index (χ1v) is 7.95. The third kappa shape index (κ3) is 3.80. The van der Waals surface area contributed by atoms with E-state index < -0.39 is 11.7 Å². The quantitative estimate of drug-likeness (QED) is 0.557. The number of nitrogens with one attached hydrogen (secondary N) is 1. The van der Waals surface area contributed by atoms with E-state index in [4.69, 9.17) is 15.3 Å². The van der Waals surface area contributed by atoms with Gasteiger partial charge in [0.05, 0.1) is 30.5 Å². The van der Waals surface area contributed by atoms with Crippen molar-refractivity contribution in [3.63, 3.8) is 0 Å². The summed E-state index contributed by atoms with van der Waals surface area (Å²) in [7, 11) is 0. The average molecular weight is 343 g/mol. The van der Waals surface area contributed by atoms with E-state index >= 15 is 0 Å². The van der Waals surface area contributed by atoms with Crippen LogP contribution in [0.5, 0.6) is 0 Å². The van der Waals surface area contributed by atoms with Crippen LogP contribution in [0.3, 0.4) is 0 Å². The number of nitrogens with two attached hydrogens (primary N) is 1. The van der Waals surface area contributed by atoms with E-state index in [1.165, 1.54) is 0 Å². The normalized spacial score (nSPS) is 11.8. The highest BCUT2D eigenvalue weighted by atomic mass is 16.7. The molecule has 0 aliphatic heterocycles. The fourth-order valence-corrected chi connectivity index (χ4v) is 2.53. The van der Waals surface area contributed by atoms with E-state index in [0.29, 0.717) is 17.9 Å². The van der Waals surface area contributed by atoms with Crippen LogP contribution >= 0.6 is 0 Å². The first kappa shape index (κ1) is 17.0. The molecular weight excluding hydrogens is 322 g/mol. The lowest BCUT2D eigenvalue weighted by atomic mass is 10.2. The van der Waals surface area contributed by atoms with Gasteiger partial charge in [-0.2, -0.15) is 5.48 Å². The van der Waals surface area contributed by atoms with Gasteiger partial charge in [0.25, 0.3) is 0 Å². The lowest BCUT2D eigenvalue weighted by Crippen LogP contribution is -2.33. The predicted molar refractivity (Wildman–Crippen MR) is 94.8 cm³/mol. The summed E-state index contributed by atoms with van der Waals surface area (Å²) in [5.74, 6) is 0.389. The number of ether oxygens (including phenoxy) is 1. The molecule has 0 saturated heterocycles. The number of para-hydroxylation sites is 1. The van der Waals surface area contributed by atoms with Crippen LogP contribution < -0.4 is 11.2 Å². The van der Waals surface area contributed by atoms with Gasteiger partial charge in [-0.15, -0.1) is 0 Å². The number of anilines is 1. The minimum Gasteiger partial charge on any atom is -0.442 e. The lowest BCUT2D eigenvalue weighted by molar-refractivity contribution is -0.00944. The Hall–Kier alpha value is -2.87. The Kier molecular flexibility index (Phi) is 4.45. The van der Waals surface area contributed by atoms with Crippen LogP contribution in [-0.4, -0.2) is 32.8 Å². The summed E-state index contributed by atoms with van der Waals surface area (Å²) in [4.78, 5) is 25.4. The van der Waals surface area contributed by atoms with Gasteiger partial charge >= 0.3 is 6.09 Å². The first-order valence-electron chi connectivity index (χ1n) is 7.95. The molecule has 3 aromatic rings. The Labute approximate surface area is 144 Å². The zero-order chi connectivity index (χ0) is 18.0. The van der Waals surface area contributed by atoms with Gasteiger partial charge in [0.15, 0.2) is 5.82 Å². The smallest absolute Gasteiger partial charge is 0.431 e. The van der Waals surface area contributed by atoms with E-state index in [1.54, 1.807) is 27.1 Å². The van der Waals surface area contributed by atoms with Crippen LogP contribution in [0.4, 0.5) is 10.6 Å². The van der Waals surface area contributed by atoms with E-state index in [0.717, 1.165) is 16.4 Å². The van der Waals surface area contributed by atoms with Gasteiger partial charge in [-0.05, 0) is 26.8 Å². The Morgan fingerprint density at radius 3 is 2.84 bits per heavy atom. The number of nitrogen functional groups attached to an aromatic ring is 1. The molecule has 0 atom stereocenters. The molecule has 0 aliphatic rings.